The van der Waals surface area contributed by atoms with E-state index in [1.807, 2.05) is 0 Å². The molecule has 1 aromatic heterocycles. The van der Waals surface area contributed by atoms with E-state index in [-0.39, 0.29) is 0 Å². The van der Waals surface area contributed by atoms with E-state index in [4.69, 9.17) is 0 Å². The van der Waals surface area contributed by atoms with E-state index >= 15 is 0 Å². The second-order valence-corrected chi connectivity index (χ2v) is 5.71. The highest BCUT2D eigenvalue weighted by Crippen LogP contribution is 2.29. The number of nitrogens with zero attached hydrogens (tertiary/aromatic N) is 2. The summed E-state index contributed by atoms with van der Waals surface area (Å²) >= 11 is 1.77. The van der Waals surface area contributed by atoms with E-state index in [2.05, 4.69) is 22.4 Å². The van der Waals surface area contributed by atoms with Gasteiger partial charge in [-0.15, -0.1) is 21.5 Å². The highest BCUT2D eigenvalue weighted by atomic mass is 32.1. The van der Waals surface area contributed by atoms with Gasteiger partial charge in [0.25, 0.3) is 0 Å². The lowest BCUT2D eigenvalue weighted by Gasteiger charge is -2.05. The summed E-state index contributed by atoms with van der Waals surface area (Å²) in [6.07, 6.45) is 8.19. The van der Waals surface area contributed by atoms with Gasteiger partial charge in [-0.3, -0.25) is 0 Å². The van der Waals surface area contributed by atoms with Crippen LogP contribution in [-0.4, -0.2) is 16.7 Å². The number of aryl methyl sites for hydroxylation is 1. The third kappa shape index (κ3) is 3.52. The lowest BCUT2D eigenvalue weighted by atomic mass is 10.0. The summed E-state index contributed by atoms with van der Waals surface area (Å²) in [5.74, 6) is 0.959. The third-order valence-electron chi connectivity index (χ3n) is 3.28. The highest BCUT2D eigenvalue weighted by Gasteiger charge is 2.15. The van der Waals surface area contributed by atoms with Crippen LogP contribution >= 0.6 is 11.3 Å². The van der Waals surface area contributed by atoms with Crippen molar-refractivity contribution in [1.82, 2.24) is 15.5 Å². The Bertz CT molecular complexity index is 305. The largest absolute Gasteiger partial charge is 0.311 e. The van der Waals surface area contributed by atoms with Gasteiger partial charge in [-0.1, -0.05) is 32.6 Å². The van der Waals surface area contributed by atoms with E-state index in [9.17, 15) is 0 Å². The first-order chi connectivity index (χ1) is 7.88. The molecule has 0 unspecified atom stereocenters. The topological polar surface area (TPSA) is 37.8 Å². The molecule has 4 heteroatoms. The predicted molar refractivity (Wildman–Crippen MR) is 67.6 cm³/mol. The van der Waals surface area contributed by atoms with Crippen LogP contribution < -0.4 is 5.32 Å². The van der Waals surface area contributed by atoms with Gasteiger partial charge in [0.1, 0.15) is 10.0 Å². The molecule has 0 saturated heterocycles. The number of aromatic nitrogens is 2. The van der Waals surface area contributed by atoms with Crippen LogP contribution in [0, 0.1) is 5.92 Å². The van der Waals surface area contributed by atoms with Crippen LogP contribution in [0.5, 0.6) is 0 Å². The first-order valence-corrected chi connectivity index (χ1v) is 7.22. The molecular weight excluding hydrogens is 218 g/mol. The number of rotatable bonds is 6. The smallest absolute Gasteiger partial charge is 0.131 e. The molecule has 0 amide bonds. The normalized spacial score (nSPS) is 17.1. The zero-order valence-corrected chi connectivity index (χ0v) is 10.9. The summed E-state index contributed by atoms with van der Waals surface area (Å²) in [6.45, 7) is 3.98. The molecule has 3 nitrogen and oxygen atoms in total. The fourth-order valence-corrected chi connectivity index (χ4v) is 3.15. The summed E-state index contributed by atoms with van der Waals surface area (Å²) in [6, 6.07) is 0. The van der Waals surface area contributed by atoms with E-state index in [1.54, 1.807) is 11.3 Å². The molecular formula is C12H21N3S. The number of hydrogen-bond acceptors (Lipinski definition) is 4. The Balaban J connectivity index is 1.73. The Labute approximate surface area is 102 Å². The summed E-state index contributed by atoms with van der Waals surface area (Å²) in [7, 11) is 0. The molecule has 1 aromatic rings. The molecule has 2 rings (SSSR count). The highest BCUT2D eigenvalue weighted by molar-refractivity contribution is 7.11. The van der Waals surface area contributed by atoms with Crippen molar-refractivity contribution < 1.29 is 0 Å². The Hall–Kier alpha value is -0.480. The van der Waals surface area contributed by atoms with E-state index in [0.29, 0.717) is 0 Å². The Kier molecular flexibility index (Phi) is 4.72. The maximum absolute atomic E-state index is 4.26. The average molecular weight is 239 g/mol. The molecule has 0 aromatic carbocycles. The zero-order chi connectivity index (χ0) is 11.2. The second-order valence-electron chi connectivity index (χ2n) is 4.56. The van der Waals surface area contributed by atoms with Crippen LogP contribution in [0.1, 0.15) is 49.0 Å². The van der Waals surface area contributed by atoms with Crippen molar-refractivity contribution in [3.63, 3.8) is 0 Å². The molecule has 0 atom stereocenters. The lowest BCUT2D eigenvalue weighted by molar-refractivity contribution is 0.502. The van der Waals surface area contributed by atoms with Crippen molar-refractivity contribution in [1.29, 1.82) is 0 Å². The van der Waals surface area contributed by atoms with Crippen molar-refractivity contribution >= 4 is 11.3 Å². The molecule has 16 heavy (non-hydrogen) atoms. The summed E-state index contributed by atoms with van der Waals surface area (Å²) < 4.78 is 0. The van der Waals surface area contributed by atoms with Crippen LogP contribution in [0.2, 0.25) is 0 Å². The van der Waals surface area contributed by atoms with Crippen molar-refractivity contribution in [3.05, 3.63) is 10.0 Å². The summed E-state index contributed by atoms with van der Waals surface area (Å²) in [5.41, 5.74) is 0. The summed E-state index contributed by atoms with van der Waals surface area (Å²) in [5, 5.41) is 14.1. The van der Waals surface area contributed by atoms with Gasteiger partial charge in [0.2, 0.25) is 0 Å². The molecule has 1 saturated carbocycles. The molecule has 1 N–H and O–H groups in total. The zero-order valence-electron chi connectivity index (χ0n) is 10.0. The van der Waals surface area contributed by atoms with E-state index in [0.717, 1.165) is 30.4 Å². The van der Waals surface area contributed by atoms with Crippen LogP contribution in [-0.2, 0) is 13.0 Å². The van der Waals surface area contributed by atoms with Gasteiger partial charge in [0, 0.05) is 13.0 Å². The molecule has 0 radical (unpaired) electrons. The standard InChI is InChI=1S/C12H21N3S/c1-2-13-9-12-15-14-11(16-12)8-7-10-5-3-4-6-10/h10,13H,2-9H2,1H3. The van der Waals surface area contributed by atoms with Crippen molar-refractivity contribution in [2.45, 2.75) is 52.0 Å². The Morgan fingerprint density at radius 1 is 1.25 bits per heavy atom. The van der Waals surface area contributed by atoms with Crippen molar-refractivity contribution in [3.8, 4) is 0 Å². The van der Waals surface area contributed by atoms with Crippen LogP contribution in [0.4, 0.5) is 0 Å². The molecule has 90 valence electrons. The minimum atomic E-state index is 0.873. The predicted octanol–water partition coefficient (Wildman–Crippen LogP) is 2.77. The molecule has 1 heterocycles. The monoisotopic (exact) mass is 239 g/mol. The van der Waals surface area contributed by atoms with E-state index in [1.165, 1.54) is 37.1 Å². The number of nitrogens with one attached hydrogen (secondary N) is 1. The molecule has 1 aliphatic rings. The molecule has 1 fully saturated rings. The van der Waals surface area contributed by atoms with E-state index < -0.39 is 0 Å². The summed E-state index contributed by atoms with van der Waals surface area (Å²) in [4.78, 5) is 0. The first-order valence-electron chi connectivity index (χ1n) is 6.40. The van der Waals surface area contributed by atoms with Crippen LogP contribution in [0.3, 0.4) is 0 Å². The Morgan fingerprint density at radius 3 is 2.75 bits per heavy atom. The minimum Gasteiger partial charge on any atom is -0.311 e. The lowest BCUT2D eigenvalue weighted by Crippen LogP contribution is -2.11. The third-order valence-corrected chi connectivity index (χ3v) is 4.26. The van der Waals surface area contributed by atoms with Gasteiger partial charge in [-0.05, 0) is 18.9 Å². The Morgan fingerprint density at radius 2 is 2.00 bits per heavy atom. The fourth-order valence-electron chi connectivity index (χ4n) is 2.32. The van der Waals surface area contributed by atoms with Gasteiger partial charge in [0.05, 0.1) is 0 Å². The second kappa shape index (κ2) is 6.30. The van der Waals surface area contributed by atoms with Crippen molar-refractivity contribution in [2.75, 3.05) is 6.54 Å². The van der Waals surface area contributed by atoms with Gasteiger partial charge in [-0.25, -0.2) is 0 Å². The average Bonchev–Trinajstić information content (AvgIpc) is 2.95. The van der Waals surface area contributed by atoms with Gasteiger partial charge in [-0.2, -0.15) is 0 Å². The molecule has 0 bridgehead atoms. The van der Waals surface area contributed by atoms with Crippen LogP contribution in [0.25, 0.3) is 0 Å². The fraction of sp³-hybridized carbons (Fsp3) is 0.833. The SMILES string of the molecule is CCNCc1nnc(CCC2CCCC2)s1. The van der Waals surface area contributed by atoms with Gasteiger partial charge >= 0.3 is 0 Å². The number of hydrogen-bond donors (Lipinski definition) is 1. The maximum Gasteiger partial charge on any atom is 0.131 e. The minimum absolute atomic E-state index is 0.873. The first kappa shape index (κ1) is 12.0. The van der Waals surface area contributed by atoms with Crippen molar-refractivity contribution in [2.24, 2.45) is 5.92 Å². The molecule has 0 spiro atoms. The van der Waals surface area contributed by atoms with Gasteiger partial charge < -0.3 is 5.32 Å². The maximum atomic E-state index is 4.26. The molecule has 1 aliphatic carbocycles. The molecule has 0 aliphatic heterocycles. The van der Waals surface area contributed by atoms with Gasteiger partial charge in [0.15, 0.2) is 0 Å². The van der Waals surface area contributed by atoms with Crippen LogP contribution in [0.15, 0.2) is 0 Å². The quantitative estimate of drug-likeness (QED) is 0.829.